The number of hydrogen-bond acceptors (Lipinski definition) is 5. The maximum absolute atomic E-state index is 12.8. The van der Waals surface area contributed by atoms with Gasteiger partial charge in [0.25, 0.3) is 5.91 Å². The second-order valence-electron chi connectivity index (χ2n) is 6.27. The maximum Gasteiger partial charge on any atom is 0.305 e. The van der Waals surface area contributed by atoms with Crippen molar-refractivity contribution < 1.29 is 24.2 Å². The topological polar surface area (TPSA) is 100 Å². The van der Waals surface area contributed by atoms with Crippen molar-refractivity contribution in [2.75, 3.05) is 26.2 Å². The number of carbonyl (C=O) groups is 3. The van der Waals surface area contributed by atoms with Gasteiger partial charge in [-0.15, -0.1) is 0 Å². The summed E-state index contributed by atoms with van der Waals surface area (Å²) in [6, 6.07) is 2.24. The first-order valence-electron chi connectivity index (χ1n) is 8.39. The summed E-state index contributed by atoms with van der Waals surface area (Å²) in [6.07, 6.45) is 4.42. The molecule has 0 spiro atoms. The lowest BCUT2D eigenvalue weighted by atomic mass is 10.0. The van der Waals surface area contributed by atoms with Gasteiger partial charge in [0, 0.05) is 38.6 Å². The first-order valence-corrected chi connectivity index (χ1v) is 8.39. The summed E-state index contributed by atoms with van der Waals surface area (Å²) < 4.78 is 5.56. The molecule has 25 heavy (non-hydrogen) atoms. The van der Waals surface area contributed by atoms with Gasteiger partial charge in [-0.05, 0) is 25.0 Å². The van der Waals surface area contributed by atoms with Crippen molar-refractivity contribution in [2.45, 2.75) is 31.4 Å². The number of carboxylic acid groups (broad SMARTS) is 1. The van der Waals surface area contributed by atoms with Crippen LogP contribution in [-0.4, -0.2) is 76.1 Å². The minimum atomic E-state index is -1.11. The van der Waals surface area contributed by atoms with Crippen LogP contribution in [-0.2, 0) is 14.3 Å². The minimum Gasteiger partial charge on any atom is -0.481 e. The fourth-order valence-electron chi connectivity index (χ4n) is 3.32. The maximum atomic E-state index is 12.8. The Morgan fingerprint density at radius 2 is 2.20 bits per heavy atom. The fourth-order valence-corrected chi connectivity index (χ4v) is 3.32. The Morgan fingerprint density at radius 1 is 1.36 bits per heavy atom. The zero-order valence-electron chi connectivity index (χ0n) is 13.8. The molecule has 1 aromatic rings. The number of hydrogen-bond donors (Lipinski definition) is 1. The Balaban J connectivity index is 1.76. The van der Waals surface area contributed by atoms with Crippen LogP contribution in [0.5, 0.6) is 0 Å². The predicted octanol–water partition coefficient (Wildman–Crippen LogP) is 0.388. The summed E-state index contributed by atoms with van der Waals surface area (Å²) in [6.45, 7) is 1.81. The fraction of sp³-hybridized carbons (Fsp3) is 0.529. The van der Waals surface area contributed by atoms with Gasteiger partial charge in [0.2, 0.25) is 5.91 Å². The van der Waals surface area contributed by atoms with E-state index in [2.05, 4.69) is 4.98 Å². The van der Waals surface area contributed by atoms with Crippen molar-refractivity contribution in [3.63, 3.8) is 0 Å². The number of carbonyl (C=O) groups excluding carboxylic acids is 2. The van der Waals surface area contributed by atoms with Crippen molar-refractivity contribution in [3.8, 4) is 0 Å². The van der Waals surface area contributed by atoms with Crippen molar-refractivity contribution in [1.82, 2.24) is 14.8 Å². The van der Waals surface area contributed by atoms with Crippen LogP contribution < -0.4 is 0 Å². The molecule has 2 amide bonds. The zero-order chi connectivity index (χ0) is 17.8. The largest absolute Gasteiger partial charge is 0.481 e. The van der Waals surface area contributed by atoms with Crippen LogP contribution in [0.15, 0.2) is 24.5 Å². The van der Waals surface area contributed by atoms with Gasteiger partial charge in [0.15, 0.2) is 0 Å². The number of piperazine rings is 1. The molecule has 3 heterocycles. The molecule has 1 N–H and O–H groups in total. The van der Waals surface area contributed by atoms with Crippen LogP contribution in [0.25, 0.3) is 0 Å². The zero-order valence-corrected chi connectivity index (χ0v) is 13.8. The van der Waals surface area contributed by atoms with Gasteiger partial charge in [-0.1, -0.05) is 0 Å². The van der Waals surface area contributed by atoms with Gasteiger partial charge >= 0.3 is 5.97 Å². The molecular formula is C17H21N3O5. The van der Waals surface area contributed by atoms with Crippen LogP contribution in [0.4, 0.5) is 0 Å². The number of amides is 2. The Bertz CT molecular complexity index is 645. The van der Waals surface area contributed by atoms with E-state index < -0.39 is 18.4 Å². The number of aromatic nitrogens is 1. The smallest absolute Gasteiger partial charge is 0.305 e. The molecule has 0 radical (unpaired) electrons. The molecule has 0 saturated carbocycles. The van der Waals surface area contributed by atoms with Crippen LogP contribution >= 0.6 is 0 Å². The molecule has 0 aliphatic carbocycles. The molecule has 1 aromatic heterocycles. The third-order valence-corrected chi connectivity index (χ3v) is 4.57. The Kier molecular flexibility index (Phi) is 5.28. The highest BCUT2D eigenvalue weighted by Crippen LogP contribution is 2.21. The van der Waals surface area contributed by atoms with E-state index in [1.54, 1.807) is 23.2 Å². The standard InChI is InChI=1S/C17H21N3O5/c21-15(22)9-14-17(24)19(11-13-4-2-8-25-13)6-7-20(14)16(23)12-3-1-5-18-10-12/h1,3,5,10,13-14H,2,4,6-9,11H2,(H,21,22). The SMILES string of the molecule is O=C(O)CC1C(=O)N(CC2CCCO2)CCN1C(=O)c1cccnc1. The summed E-state index contributed by atoms with van der Waals surface area (Å²) >= 11 is 0. The summed E-state index contributed by atoms with van der Waals surface area (Å²) in [5, 5.41) is 9.18. The van der Waals surface area contributed by atoms with Crippen LogP contribution in [0.2, 0.25) is 0 Å². The van der Waals surface area contributed by atoms with E-state index in [4.69, 9.17) is 4.74 Å². The molecule has 8 heteroatoms. The highest BCUT2D eigenvalue weighted by atomic mass is 16.5. The second kappa shape index (κ2) is 7.60. The van der Waals surface area contributed by atoms with Gasteiger partial charge in [0.05, 0.1) is 18.1 Å². The van der Waals surface area contributed by atoms with Crippen molar-refractivity contribution in [2.24, 2.45) is 0 Å². The molecule has 2 aliphatic heterocycles. The van der Waals surface area contributed by atoms with Gasteiger partial charge in [-0.25, -0.2) is 0 Å². The Labute approximate surface area is 145 Å². The quantitative estimate of drug-likeness (QED) is 0.827. The van der Waals surface area contributed by atoms with Crippen molar-refractivity contribution in [1.29, 1.82) is 0 Å². The molecule has 2 unspecified atom stereocenters. The third-order valence-electron chi connectivity index (χ3n) is 4.57. The summed E-state index contributed by atoms with van der Waals surface area (Å²) in [5.41, 5.74) is 0.346. The molecule has 2 aliphatic rings. The number of aliphatic carboxylic acids is 1. The molecule has 2 fully saturated rings. The normalized spacial score (nSPS) is 23.8. The van der Waals surface area contributed by atoms with E-state index in [0.29, 0.717) is 31.8 Å². The van der Waals surface area contributed by atoms with E-state index in [1.807, 2.05) is 0 Å². The Hall–Kier alpha value is -2.48. The van der Waals surface area contributed by atoms with E-state index in [1.165, 1.54) is 11.1 Å². The average Bonchev–Trinajstić information content (AvgIpc) is 3.11. The first kappa shape index (κ1) is 17.3. The minimum absolute atomic E-state index is 0.00463. The summed E-state index contributed by atoms with van der Waals surface area (Å²) in [5.74, 6) is -1.81. The summed E-state index contributed by atoms with van der Waals surface area (Å²) in [4.78, 5) is 43.6. The van der Waals surface area contributed by atoms with Crippen LogP contribution in [0.1, 0.15) is 29.6 Å². The molecule has 3 rings (SSSR count). The number of ether oxygens (including phenoxy) is 1. The van der Waals surface area contributed by atoms with Gasteiger partial charge in [0.1, 0.15) is 6.04 Å². The van der Waals surface area contributed by atoms with Gasteiger partial charge in [-0.2, -0.15) is 0 Å². The highest BCUT2D eigenvalue weighted by molar-refractivity contribution is 5.99. The lowest BCUT2D eigenvalue weighted by molar-refractivity contribution is -0.148. The van der Waals surface area contributed by atoms with E-state index in [9.17, 15) is 19.5 Å². The van der Waals surface area contributed by atoms with Crippen LogP contribution in [0, 0.1) is 0 Å². The third kappa shape index (κ3) is 3.96. The predicted molar refractivity (Wildman–Crippen MR) is 86.9 cm³/mol. The lowest BCUT2D eigenvalue weighted by Crippen LogP contribution is -2.60. The van der Waals surface area contributed by atoms with E-state index in [-0.39, 0.29) is 17.9 Å². The Morgan fingerprint density at radius 3 is 2.84 bits per heavy atom. The van der Waals surface area contributed by atoms with Crippen molar-refractivity contribution in [3.05, 3.63) is 30.1 Å². The monoisotopic (exact) mass is 347 g/mol. The van der Waals surface area contributed by atoms with Crippen LogP contribution in [0.3, 0.4) is 0 Å². The van der Waals surface area contributed by atoms with E-state index >= 15 is 0 Å². The van der Waals surface area contributed by atoms with Crippen molar-refractivity contribution >= 4 is 17.8 Å². The van der Waals surface area contributed by atoms with E-state index in [0.717, 1.165) is 12.8 Å². The molecule has 2 atom stereocenters. The molecule has 8 nitrogen and oxygen atoms in total. The highest BCUT2D eigenvalue weighted by Gasteiger charge is 2.40. The van der Waals surface area contributed by atoms with Gasteiger partial charge < -0.3 is 19.6 Å². The molecule has 2 saturated heterocycles. The molecular weight excluding hydrogens is 326 g/mol. The summed E-state index contributed by atoms with van der Waals surface area (Å²) in [7, 11) is 0. The lowest BCUT2D eigenvalue weighted by Gasteiger charge is -2.40. The molecule has 0 bridgehead atoms. The number of nitrogens with zero attached hydrogens (tertiary/aromatic N) is 3. The number of pyridine rings is 1. The average molecular weight is 347 g/mol. The van der Waals surface area contributed by atoms with Gasteiger partial charge in [-0.3, -0.25) is 19.4 Å². The second-order valence-corrected chi connectivity index (χ2v) is 6.27. The number of carboxylic acids is 1. The molecule has 134 valence electrons. The number of rotatable bonds is 5. The first-order chi connectivity index (χ1) is 12.1. The molecule has 0 aromatic carbocycles.